The number of rotatable bonds is 7. The topological polar surface area (TPSA) is 89.4 Å². The van der Waals surface area contributed by atoms with Crippen LogP contribution in [0.4, 0.5) is 13.2 Å². The van der Waals surface area contributed by atoms with Crippen LogP contribution >= 0.6 is 0 Å². The molecule has 0 aliphatic carbocycles. The molecule has 0 saturated carbocycles. The second-order valence-corrected chi connectivity index (χ2v) is 5.72. The summed E-state index contributed by atoms with van der Waals surface area (Å²) < 4.78 is 43.8. The van der Waals surface area contributed by atoms with Crippen LogP contribution in [-0.2, 0) is 17.5 Å². The van der Waals surface area contributed by atoms with E-state index >= 15 is 0 Å². The smallest absolute Gasteiger partial charge is 0.417 e. The third kappa shape index (κ3) is 5.86. The van der Waals surface area contributed by atoms with Gasteiger partial charge in [-0.3, -0.25) is 14.4 Å². The van der Waals surface area contributed by atoms with Gasteiger partial charge in [-0.05, 0) is 24.3 Å². The highest BCUT2D eigenvalue weighted by Gasteiger charge is 2.31. The minimum absolute atomic E-state index is 0.0439. The lowest BCUT2D eigenvalue weighted by Crippen LogP contribution is -2.37. The number of hydrogen-bond donors (Lipinski definition) is 2. The molecule has 0 unspecified atom stereocenters. The van der Waals surface area contributed by atoms with Crippen molar-refractivity contribution in [3.05, 3.63) is 64.1 Å². The number of carbonyl (C=O) groups is 2. The van der Waals surface area contributed by atoms with E-state index in [2.05, 4.69) is 10.6 Å². The lowest BCUT2D eigenvalue weighted by Gasteiger charge is -2.11. The van der Waals surface area contributed by atoms with E-state index < -0.39 is 29.8 Å². The van der Waals surface area contributed by atoms with E-state index in [9.17, 15) is 27.6 Å². The fourth-order valence-electron chi connectivity index (χ4n) is 2.28. The van der Waals surface area contributed by atoms with Crippen molar-refractivity contribution >= 4 is 11.8 Å². The fraction of sp³-hybridized carbons (Fsp3) is 0.278. The average molecular weight is 397 g/mol. The van der Waals surface area contributed by atoms with Gasteiger partial charge in [-0.1, -0.05) is 6.07 Å². The van der Waals surface area contributed by atoms with E-state index in [4.69, 9.17) is 4.74 Å². The van der Waals surface area contributed by atoms with Crippen molar-refractivity contribution < 1.29 is 27.5 Å². The number of nitrogens with zero attached hydrogens (tertiary/aromatic N) is 1. The summed E-state index contributed by atoms with van der Waals surface area (Å²) in [5.41, 5.74) is -1.37. The molecule has 0 aliphatic rings. The van der Waals surface area contributed by atoms with Gasteiger partial charge in [0.05, 0.1) is 12.7 Å². The number of hydrogen-bond acceptors (Lipinski definition) is 4. The number of halogens is 3. The van der Waals surface area contributed by atoms with E-state index in [1.165, 1.54) is 7.11 Å². The third-order valence-electron chi connectivity index (χ3n) is 3.69. The molecule has 7 nitrogen and oxygen atoms in total. The van der Waals surface area contributed by atoms with Gasteiger partial charge in [0.25, 0.3) is 11.5 Å². The molecule has 0 radical (unpaired) electrons. The summed E-state index contributed by atoms with van der Waals surface area (Å²) in [6.07, 6.45) is -4.02. The molecule has 2 aromatic rings. The van der Waals surface area contributed by atoms with Crippen LogP contribution in [0.1, 0.15) is 15.9 Å². The number of benzene rings is 1. The van der Waals surface area contributed by atoms with Crippen molar-refractivity contribution in [3.8, 4) is 5.75 Å². The fourth-order valence-corrected chi connectivity index (χ4v) is 2.28. The normalized spacial score (nSPS) is 11.0. The Morgan fingerprint density at radius 1 is 1.11 bits per heavy atom. The van der Waals surface area contributed by atoms with Crippen LogP contribution in [0.3, 0.4) is 0 Å². The van der Waals surface area contributed by atoms with Crippen molar-refractivity contribution in [1.82, 2.24) is 15.2 Å². The molecule has 28 heavy (non-hydrogen) atoms. The summed E-state index contributed by atoms with van der Waals surface area (Å²) in [5.74, 6) is -0.508. The molecular weight excluding hydrogens is 379 g/mol. The number of methoxy groups -OCH3 is 1. The van der Waals surface area contributed by atoms with E-state index in [1.54, 1.807) is 24.3 Å². The van der Waals surface area contributed by atoms with E-state index in [0.717, 1.165) is 6.07 Å². The van der Waals surface area contributed by atoms with Gasteiger partial charge < -0.3 is 19.9 Å². The molecule has 0 fully saturated rings. The SMILES string of the molecule is COc1cccc(C(=O)NCCNC(=O)Cn2cc(C(F)(F)F)ccc2=O)c1. The van der Waals surface area contributed by atoms with Gasteiger partial charge in [0.2, 0.25) is 5.91 Å². The zero-order valence-electron chi connectivity index (χ0n) is 14.9. The van der Waals surface area contributed by atoms with Crippen LogP contribution in [0, 0.1) is 0 Å². The van der Waals surface area contributed by atoms with E-state index in [-0.39, 0.29) is 19.0 Å². The van der Waals surface area contributed by atoms with Gasteiger partial charge in [-0.25, -0.2) is 0 Å². The standard InChI is InChI=1S/C18H18F3N3O4/c1-28-14-4-2-3-12(9-14)17(27)23-8-7-22-15(25)11-24-10-13(18(19,20)21)5-6-16(24)26/h2-6,9-10H,7-8,11H2,1H3,(H,22,25)(H,23,27). The van der Waals surface area contributed by atoms with E-state index in [0.29, 0.717) is 28.1 Å². The summed E-state index contributed by atoms with van der Waals surface area (Å²) in [6.45, 7) is -0.423. The Labute approximate surface area is 158 Å². The van der Waals surface area contributed by atoms with Crippen LogP contribution in [-0.4, -0.2) is 36.6 Å². The molecule has 0 atom stereocenters. The molecule has 0 aliphatic heterocycles. The molecule has 2 rings (SSSR count). The Morgan fingerprint density at radius 2 is 1.82 bits per heavy atom. The summed E-state index contributed by atoms with van der Waals surface area (Å²) >= 11 is 0. The Hall–Kier alpha value is -3.30. The van der Waals surface area contributed by atoms with Crippen molar-refractivity contribution in [2.75, 3.05) is 20.2 Å². The Bertz CT molecular complexity index is 909. The highest BCUT2D eigenvalue weighted by atomic mass is 19.4. The number of aromatic nitrogens is 1. The first-order valence-corrected chi connectivity index (χ1v) is 8.17. The van der Waals surface area contributed by atoms with Crippen molar-refractivity contribution in [3.63, 3.8) is 0 Å². The molecule has 0 spiro atoms. The average Bonchev–Trinajstić information content (AvgIpc) is 2.66. The number of ether oxygens (including phenoxy) is 1. The molecule has 1 aromatic heterocycles. The van der Waals surface area contributed by atoms with Crippen LogP contribution in [0.15, 0.2) is 47.4 Å². The van der Waals surface area contributed by atoms with Gasteiger partial charge in [-0.15, -0.1) is 0 Å². The van der Waals surface area contributed by atoms with Crippen LogP contribution in [0.5, 0.6) is 5.75 Å². The first-order chi connectivity index (χ1) is 13.2. The van der Waals surface area contributed by atoms with Crippen LogP contribution < -0.4 is 20.9 Å². The number of alkyl halides is 3. The molecule has 2 N–H and O–H groups in total. The van der Waals surface area contributed by atoms with Gasteiger partial charge in [0, 0.05) is 30.9 Å². The second-order valence-electron chi connectivity index (χ2n) is 5.72. The minimum Gasteiger partial charge on any atom is -0.497 e. The molecule has 1 heterocycles. The summed E-state index contributed by atoms with van der Waals surface area (Å²) in [4.78, 5) is 35.4. The molecule has 10 heteroatoms. The van der Waals surface area contributed by atoms with Gasteiger partial charge in [0.1, 0.15) is 12.3 Å². The predicted molar refractivity (Wildman–Crippen MR) is 94.0 cm³/mol. The Morgan fingerprint density at radius 3 is 2.50 bits per heavy atom. The van der Waals surface area contributed by atoms with Crippen molar-refractivity contribution in [1.29, 1.82) is 0 Å². The van der Waals surface area contributed by atoms with Gasteiger partial charge >= 0.3 is 6.18 Å². The van der Waals surface area contributed by atoms with Gasteiger partial charge in [0.15, 0.2) is 0 Å². The monoisotopic (exact) mass is 397 g/mol. The summed E-state index contributed by atoms with van der Waals surface area (Å²) in [6, 6.07) is 7.90. The lowest BCUT2D eigenvalue weighted by molar-refractivity contribution is -0.138. The molecule has 0 saturated heterocycles. The van der Waals surface area contributed by atoms with Crippen molar-refractivity contribution in [2.24, 2.45) is 0 Å². The largest absolute Gasteiger partial charge is 0.497 e. The van der Waals surface area contributed by atoms with Crippen LogP contribution in [0.2, 0.25) is 0 Å². The van der Waals surface area contributed by atoms with Gasteiger partial charge in [-0.2, -0.15) is 13.2 Å². The zero-order chi connectivity index (χ0) is 20.7. The maximum atomic E-state index is 12.7. The maximum Gasteiger partial charge on any atom is 0.417 e. The quantitative estimate of drug-likeness (QED) is 0.692. The third-order valence-corrected chi connectivity index (χ3v) is 3.69. The lowest BCUT2D eigenvalue weighted by atomic mass is 10.2. The zero-order valence-corrected chi connectivity index (χ0v) is 14.9. The molecule has 1 aromatic carbocycles. The van der Waals surface area contributed by atoms with E-state index in [1.807, 2.05) is 0 Å². The number of amides is 2. The molecular formula is C18H18F3N3O4. The number of nitrogens with one attached hydrogen (secondary N) is 2. The summed E-state index contributed by atoms with van der Waals surface area (Å²) in [5, 5.41) is 5.01. The second kappa shape index (κ2) is 9.07. The highest BCUT2D eigenvalue weighted by molar-refractivity contribution is 5.94. The predicted octanol–water partition coefficient (Wildman–Crippen LogP) is 1.42. The Kier molecular flexibility index (Phi) is 6.80. The first kappa shape index (κ1) is 21.0. The minimum atomic E-state index is -4.61. The highest BCUT2D eigenvalue weighted by Crippen LogP contribution is 2.27. The van der Waals surface area contributed by atoms with Crippen LogP contribution in [0.25, 0.3) is 0 Å². The van der Waals surface area contributed by atoms with Crippen molar-refractivity contribution in [2.45, 2.75) is 12.7 Å². The summed E-state index contributed by atoms with van der Waals surface area (Å²) in [7, 11) is 1.47. The molecule has 2 amide bonds. The number of carbonyl (C=O) groups excluding carboxylic acids is 2. The molecule has 0 bridgehead atoms. The molecule has 150 valence electrons. The number of pyridine rings is 1. The Balaban J connectivity index is 1.83. The first-order valence-electron chi connectivity index (χ1n) is 8.17. The maximum absolute atomic E-state index is 12.7.